The Morgan fingerprint density at radius 2 is 1.86 bits per heavy atom. The molecule has 0 atom stereocenters. The number of halogens is 3. The van der Waals surface area contributed by atoms with Gasteiger partial charge in [0.25, 0.3) is 10.0 Å². The van der Waals surface area contributed by atoms with E-state index in [-0.39, 0.29) is 26.2 Å². The minimum absolute atomic E-state index is 0.0143. The van der Waals surface area contributed by atoms with Crippen molar-refractivity contribution in [3.8, 4) is 5.75 Å². The van der Waals surface area contributed by atoms with E-state index in [9.17, 15) is 8.42 Å². The minimum Gasteiger partial charge on any atom is -0.495 e. The van der Waals surface area contributed by atoms with E-state index in [2.05, 4.69) is 14.7 Å². The van der Waals surface area contributed by atoms with Crippen LogP contribution in [0.3, 0.4) is 0 Å². The molecule has 1 aromatic heterocycles. The molecule has 0 unspecified atom stereocenters. The summed E-state index contributed by atoms with van der Waals surface area (Å²) in [6.07, 6.45) is 0. The van der Waals surface area contributed by atoms with Gasteiger partial charge in [0.15, 0.2) is 0 Å². The van der Waals surface area contributed by atoms with Gasteiger partial charge in [-0.05, 0) is 29.8 Å². The SMILES string of the molecule is COc1ccc(S(=O)(=O)Nc2cc(Cl)nc(Cl)n2)cc1Cl. The lowest BCUT2D eigenvalue weighted by molar-refractivity contribution is 0.414. The van der Waals surface area contributed by atoms with E-state index in [1.54, 1.807) is 0 Å². The Labute approximate surface area is 136 Å². The zero-order valence-corrected chi connectivity index (χ0v) is 13.6. The molecule has 1 N–H and O–H groups in total. The normalized spacial score (nSPS) is 11.2. The van der Waals surface area contributed by atoms with Crippen LogP contribution in [-0.2, 0) is 10.0 Å². The molecule has 0 spiro atoms. The average molecular weight is 369 g/mol. The van der Waals surface area contributed by atoms with Gasteiger partial charge in [0, 0.05) is 6.07 Å². The van der Waals surface area contributed by atoms with Gasteiger partial charge in [0.2, 0.25) is 5.28 Å². The van der Waals surface area contributed by atoms with Crippen LogP contribution in [0, 0.1) is 0 Å². The van der Waals surface area contributed by atoms with E-state index >= 15 is 0 Å². The Kier molecular flexibility index (Phi) is 4.77. The Balaban J connectivity index is 2.36. The number of rotatable bonds is 4. The summed E-state index contributed by atoms with van der Waals surface area (Å²) in [7, 11) is -2.46. The number of sulfonamides is 1. The lowest BCUT2D eigenvalue weighted by Gasteiger charge is -2.09. The molecular formula is C11H8Cl3N3O3S. The minimum atomic E-state index is -3.89. The summed E-state index contributed by atoms with van der Waals surface area (Å²) < 4.78 is 31.6. The van der Waals surface area contributed by atoms with Crippen LogP contribution >= 0.6 is 34.8 Å². The van der Waals surface area contributed by atoms with Gasteiger partial charge in [-0.25, -0.2) is 13.4 Å². The van der Waals surface area contributed by atoms with E-state index < -0.39 is 10.0 Å². The number of anilines is 1. The third kappa shape index (κ3) is 3.88. The highest BCUT2D eigenvalue weighted by Crippen LogP contribution is 2.28. The molecular weight excluding hydrogens is 361 g/mol. The van der Waals surface area contributed by atoms with Gasteiger partial charge in [0.1, 0.15) is 16.7 Å². The maximum atomic E-state index is 12.2. The molecule has 1 aromatic carbocycles. The lowest BCUT2D eigenvalue weighted by atomic mass is 10.3. The zero-order chi connectivity index (χ0) is 15.6. The molecule has 0 radical (unpaired) electrons. The number of nitrogens with zero attached hydrogens (tertiary/aromatic N) is 2. The monoisotopic (exact) mass is 367 g/mol. The largest absolute Gasteiger partial charge is 0.495 e. The summed E-state index contributed by atoms with van der Waals surface area (Å²) >= 11 is 17.2. The van der Waals surface area contributed by atoms with E-state index in [1.165, 1.54) is 31.4 Å². The first-order valence-corrected chi connectivity index (χ1v) is 8.00. The number of aromatic nitrogens is 2. The molecule has 0 aliphatic carbocycles. The first-order chi connectivity index (χ1) is 9.81. The molecule has 10 heteroatoms. The predicted octanol–water partition coefficient (Wildman–Crippen LogP) is 3.25. The Hall–Kier alpha value is -1.28. The number of nitrogens with one attached hydrogen (secondary N) is 1. The highest BCUT2D eigenvalue weighted by atomic mass is 35.5. The molecule has 6 nitrogen and oxygen atoms in total. The van der Waals surface area contributed by atoms with Gasteiger partial charge in [0.05, 0.1) is 17.0 Å². The lowest BCUT2D eigenvalue weighted by Crippen LogP contribution is -2.14. The molecule has 112 valence electrons. The predicted molar refractivity (Wildman–Crippen MR) is 80.9 cm³/mol. The molecule has 0 amide bonds. The summed E-state index contributed by atoms with van der Waals surface area (Å²) in [5.74, 6) is 0.315. The summed E-state index contributed by atoms with van der Waals surface area (Å²) in [5, 5.41) is 0.00699. The van der Waals surface area contributed by atoms with E-state index in [0.717, 1.165) is 0 Å². The molecule has 21 heavy (non-hydrogen) atoms. The number of hydrogen-bond donors (Lipinski definition) is 1. The van der Waals surface area contributed by atoms with Crippen LogP contribution in [0.15, 0.2) is 29.2 Å². The van der Waals surface area contributed by atoms with Crippen LogP contribution in [-0.4, -0.2) is 25.5 Å². The zero-order valence-electron chi connectivity index (χ0n) is 10.5. The molecule has 0 bridgehead atoms. The number of ether oxygens (including phenoxy) is 1. The molecule has 0 fully saturated rings. The van der Waals surface area contributed by atoms with Crippen molar-refractivity contribution in [1.82, 2.24) is 9.97 Å². The topological polar surface area (TPSA) is 81.2 Å². The highest BCUT2D eigenvalue weighted by molar-refractivity contribution is 7.92. The van der Waals surface area contributed by atoms with Gasteiger partial charge in [-0.15, -0.1) is 0 Å². The van der Waals surface area contributed by atoms with Gasteiger partial charge >= 0.3 is 0 Å². The van der Waals surface area contributed by atoms with Gasteiger partial charge in [-0.3, -0.25) is 4.72 Å². The summed E-state index contributed by atoms with van der Waals surface area (Å²) in [5.41, 5.74) is 0. The van der Waals surface area contributed by atoms with Crippen LogP contribution in [0.2, 0.25) is 15.5 Å². The quantitative estimate of drug-likeness (QED) is 0.662. The first kappa shape index (κ1) is 16.1. The second-order valence-corrected chi connectivity index (χ2v) is 6.56. The molecule has 0 aliphatic heterocycles. The molecule has 2 aromatic rings. The van der Waals surface area contributed by atoms with E-state index in [1.807, 2.05) is 0 Å². The van der Waals surface area contributed by atoms with Crippen molar-refractivity contribution >= 4 is 50.6 Å². The third-order valence-corrected chi connectivity index (χ3v) is 4.35. The van der Waals surface area contributed by atoms with Crippen LogP contribution in [0.4, 0.5) is 5.82 Å². The maximum Gasteiger partial charge on any atom is 0.263 e. The van der Waals surface area contributed by atoms with E-state index in [4.69, 9.17) is 39.5 Å². The van der Waals surface area contributed by atoms with Crippen molar-refractivity contribution in [2.75, 3.05) is 11.8 Å². The summed E-state index contributed by atoms with van der Waals surface area (Å²) in [4.78, 5) is 7.29. The molecule has 0 aliphatic rings. The fourth-order valence-corrected chi connectivity index (χ4v) is 3.20. The van der Waals surface area contributed by atoms with Crippen molar-refractivity contribution in [2.45, 2.75) is 4.90 Å². The Bertz CT molecular complexity index is 763. The third-order valence-electron chi connectivity index (χ3n) is 2.34. The van der Waals surface area contributed by atoms with Crippen LogP contribution in [0.25, 0.3) is 0 Å². The number of methoxy groups -OCH3 is 1. The van der Waals surface area contributed by atoms with Crippen molar-refractivity contribution in [2.24, 2.45) is 0 Å². The van der Waals surface area contributed by atoms with Crippen molar-refractivity contribution in [1.29, 1.82) is 0 Å². The van der Waals surface area contributed by atoms with Gasteiger partial charge in [-0.1, -0.05) is 23.2 Å². The summed E-state index contributed by atoms with van der Waals surface area (Å²) in [6.45, 7) is 0. The van der Waals surface area contributed by atoms with Crippen molar-refractivity contribution < 1.29 is 13.2 Å². The average Bonchev–Trinajstić information content (AvgIpc) is 2.36. The van der Waals surface area contributed by atoms with Gasteiger partial charge < -0.3 is 4.74 Å². The second-order valence-electron chi connectivity index (χ2n) is 3.75. The summed E-state index contributed by atoms with van der Waals surface area (Å²) in [6, 6.07) is 5.28. The molecule has 0 saturated heterocycles. The van der Waals surface area contributed by atoms with Crippen LogP contribution < -0.4 is 9.46 Å². The molecule has 2 rings (SSSR count). The smallest absolute Gasteiger partial charge is 0.263 e. The fourth-order valence-electron chi connectivity index (χ4n) is 1.45. The molecule has 1 heterocycles. The molecule has 0 saturated carbocycles. The highest BCUT2D eigenvalue weighted by Gasteiger charge is 2.17. The first-order valence-electron chi connectivity index (χ1n) is 5.38. The van der Waals surface area contributed by atoms with Crippen LogP contribution in [0.1, 0.15) is 0 Å². The number of hydrogen-bond acceptors (Lipinski definition) is 5. The Morgan fingerprint density at radius 3 is 2.43 bits per heavy atom. The standard InChI is InChI=1S/C11H8Cl3N3O3S/c1-20-8-3-2-6(4-7(8)12)21(18,19)17-10-5-9(13)15-11(14)16-10/h2-5H,1H3,(H,15,16,17). The maximum absolute atomic E-state index is 12.2. The van der Waals surface area contributed by atoms with Crippen LogP contribution in [0.5, 0.6) is 5.75 Å². The van der Waals surface area contributed by atoms with Gasteiger partial charge in [-0.2, -0.15) is 4.98 Å². The Morgan fingerprint density at radius 1 is 1.14 bits per heavy atom. The van der Waals surface area contributed by atoms with Crippen molar-refractivity contribution in [3.63, 3.8) is 0 Å². The fraction of sp³-hybridized carbons (Fsp3) is 0.0909. The number of benzene rings is 1. The second kappa shape index (κ2) is 6.23. The van der Waals surface area contributed by atoms with Crippen molar-refractivity contribution in [3.05, 3.63) is 39.7 Å². The van der Waals surface area contributed by atoms with E-state index in [0.29, 0.717) is 5.75 Å².